The van der Waals surface area contributed by atoms with Crippen LogP contribution in [0.1, 0.15) is 165 Å². The number of aliphatic carboxylic acids is 2. The van der Waals surface area contributed by atoms with Gasteiger partial charge in [0.15, 0.2) is 0 Å². The molecule has 40 heavy (non-hydrogen) atoms. The van der Waals surface area contributed by atoms with Crippen LogP contribution >= 0.6 is 0 Å². The molecule has 2 atom stereocenters. The van der Waals surface area contributed by atoms with Crippen LogP contribution in [-0.4, -0.2) is 22.2 Å². The summed E-state index contributed by atoms with van der Waals surface area (Å²) in [6.07, 6.45) is 26.9. The summed E-state index contributed by atoms with van der Waals surface area (Å²) in [6, 6.07) is 4.92. The Kier molecular flexibility index (Phi) is 18.0. The quantitative estimate of drug-likeness (QED) is 0.124. The number of rotatable bonds is 24. The number of carboxylic acid groups (broad SMARTS) is 2. The van der Waals surface area contributed by atoms with Crippen molar-refractivity contribution >= 4 is 11.9 Å². The van der Waals surface area contributed by atoms with E-state index in [1.807, 2.05) is 0 Å². The van der Waals surface area contributed by atoms with Gasteiger partial charge in [0.2, 0.25) is 0 Å². The number of unbranched alkanes of at least 4 members (excludes halogenated alkanes) is 12. The molecule has 1 aliphatic rings. The molecule has 0 heterocycles. The molecule has 0 bridgehead atoms. The van der Waals surface area contributed by atoms with E-state index in [1.54, 1.807) is 22.3 Å². The second-order valence-corrected chi connectivity index (χ2v) is 12.6. The molecule has 0 saturated heterocycles. The van der Waals surface area contributed by atoms with E-state index in [0.29, 0.717) is 12.8 Å². The molecule has 0 amide bonds. The number of aryl methyl sites for hydroxylation is 1. The number of benzene rings is 1. The van der Waals surface area contributed by atoms with Crippen molar-refractivity contribution in [3.05, 3.63) is 34.4 Å². The van der Waals surface area contributed by atoms with Crippen LogP contribution in [0.5, 0.6) is 0 Å². The Morgan fingerprint density at radius 2 is 1.12 bits per heavy atom. The van der Waals surface area contributed by atoms with Crippen molar-refractivity contribution in [2.24, 2.45) is 11.8 Å². The molecule has 2 unspecified atom stereocenters. The fourth-order valence-corrected chi connectivity index (χ4v) is 6.88. The van der Waals surface area contributed by atoms with Crippen LogP contribution in [0.15, 0.2) is 12.1 Å². The number of hydrogen-bond acceptors (Lipinski definition) is 2. The molecule has 2 N–H and O–H groups in total. The van der Waals surface area contributed by atoms with Gasteiger partial charge < -0.3 is 10.2 Å². The van der Waals surface area contributed by atoms with Crippen LogP contribution in [0.2, 0.25) is 0 Å². The Hall–Kier alpha value is -1.84. The first-order valence-corrected chi connectivity index (χ1v) is 17.0. The largest absolute Gasteiger partial charge is 0.481 e. The number of carboxylic acids is 2. The molecule has 1 aliphatic carbocycles. The van der Waals surface area contributed by atoms with Gasteiger partial charge in [-0.25, -0.2) is 0 Å². The Morgan fingerprint density at radius 3 is 1.68 bits per heavy atom. The standard InChI is InChI=1S/C36H60O4/c1-3-5-13-20-30-27-32-26-25-29(19-15-9-7-11-17-23-35(37)38)33(22-16-10-8-12-18-24-36(39)40)34(32)28-31(30)21-14-6-4-2/h25-26,30-31H,3-24,27-28H2,1-2H3,(H,37,38)(H,39,40). The molecule has 228 valence electrons. The van der Waals surface area contributed by atoms with E-state index in [9.17, 15) is 9.59 Å². The molecule has 0 aliphatic heterocycles. The van der Waals surface area contributed by atoms with E-state index in [4.69, 9.17) is 10.2 Å². The highest BCUT2D eigenvalue weighted by molar-refractivity contribution is 5.66. The summed E-state index contributed by atoms with van der Waals surface area (Å²) < 4.78 is 0. The van der Waals surface area contributed by atoms with Gasteiger partial charge in [0, 0.05) is 12.8 Å². The van der Waals surface area contributed by atoms with Crippen molar-refractivity contribution in [2.45, 2.75) is 168 Å². The fraction of sp³-hybridized carbons (Fsp3) is 0.778. The highest BCUT2D eigenvalue weighted by Crippen LogP contribution is 2.39. The lowest BCUT2D eigenvalue weighted by Crippen LogP contribution is -2.27. The highest BCUT2D eigenvalue weighted by atomic mass is 16.4. The van der Waals surface area contributed by atoms with Gasteiger partial charge in [-0.2, -0.15) is 0 Å². The molecule has 1 aromatic carbocycles. The minimum Gasteiger partial charge on any atom is -0.481 e. The summed E-state index contributed by atoms with van der Waals surface area (Å²) >= 11 is 0. The molecule has 4 heteroatoms. The van der Waals surface area contributed by atoms with Gasteiger partial charge in [-0.1, -0.05) is 103 Å². The third-order valence-corrected chi connectivity index (χ3v) is 9.25. The van der Waals surface area contributed by atoms with Crippen LogP contribution in [0.4, 0.5) is 0 Å². The van der Waals surface area contributed by atoms with E-state index in [2.05, 4.69) is 26.0 Å². The number of hydrogen-bond donors (Lipinski definition) is 2. The molecule has 0 radical (unpaired) electrons. The average molecular weight is 557 g/mol. The second kappa shape index (κ2) is 20.9. The number of carbonyl (C=O) groups is 2. The Balaban J connectivity index is 2.08. The minimum atomic E-state index is -0.679. The van der Waals surface area contributed by atoms with Crippen LogP contribution in [0, 0.1) is 11.8 Å². The van der Waals surface area contributed by atoms with Crippen LogP contribution in [0.25, 0.3) is 0 Å². The monoisotopic (exact) mass is 556 g/mol. The maximum Gasteiger partial charge on any atom is 0.303 e. The van der Waals surface area contributed by atoms with Crippen LogP contribution < -0.4 is 0 Å². The van der Waals surface area contributed by atoms with Gasteiger partial charge in [-0.15, -0.1) is 0 Å². The maximum atomic E-state index is 10.8. The molecule has 2 rings (SSSR count). The van der Waals surface area contributed by atoms with Crippen molar-refractivity contribution in [2.75, 3.05) is 0 Å². The van der Waals surface area contributed by atoms with Crippen molar-refractivity contribution in [1.82, 2.24) is 0 Å². The third-order valence-electron chi connectivity index (χ3n) is 9.25. The lowest BCUT2D eigenvalue weighted by Gasteiger charge is -2.35. The SMILES string of the molecule is CCCCCC1Cc2ccc(CCCCCCCC(=O)O)c(CCCCCCCC(=O)O)c2CC1CCCCC. The van der Waals surface area contributed by atoms with E-state index < -0.39 is 11.9 Å². The van der Waals surface area contributed by atoms with Crippen LogP contribution in [0.3, 0.4) is 0 Å². The van der Waals surface area contributed by atoms with Gasteiger partial charge in [0.05, 0.1) is 0 Å². The molecule has 4 nitrogen and oxygen atoms in total. The molecular formula is C36H60O4. The normalized spacial score (nSPS) is 16.6. The summed E-state index contributed by atoms with van der Waals surface area (Å²) in [4.78, 5) is 21.6. The first-order chi connectivity index (χ1) is 19.5. The van der Waals surface area contributed by atoms with Gasteiger partial charge in [-0.3, -0.25) is 9.59 Å². The van der Waals surface area contributed by atoms with Crippen molar-refractivity contribution in [1.29, 1.82) is 0 Å². The van der Waals surface area contributed by atoms with Gasteiger partial charge in [0.25, 0.3) is 0 Å². The number of fused-ring (bicyclic) bond motifs is 1. The highest BCUT2D eigenvalue weighted by Gasteiger charge is 2.29. The lowest BCUT2D eigenvalue weighted by molar-refractivity contribution is -0.138. The maximum absolute atomic E-state index is 10.8. The summed E-state index contributed by atoms with van der Waals surface area (Å²) in [5, 5.41) is 17.8. The first-order valence-electron chi connectivity index (χ1n) is 17.0. The van der Waals surface area contributed by atoms with E-state index >= 15 is 0 Å². The Morgan fingerprint density at radius 1 is 0.625 bits per heavy atom. The molecular weight excluding hydrogens is 496 g/mol. The molecule has 1 aromatic rings. The Bertz CT molecular complexity index is 845. The molecule has 0 saturated carbocycles. The predicted octanol–water partition coefficient (Wildman–Crippen LogP) is 10.1. The van der Waals surface area contributed by atoms with E-state index in [1.165, 1.54) is 89.9 Å². The van der Waals surface area contributed by atoms with E-state index in [0.717, 1.165) is 63.2 Å². The van der Waals surface area contributed by atoms with Crippen LogP contribution in [-0.2, 0) is 35.3 Å². The topological polar surface area (TPSA) is 74.6 Å². The van der Waals surface area contributed by atoms with Crippen molar-refractivity contribution < 1.29 is 19.8 Å². The molecule has 0 aromatic heterocycles. The summed E-state index contributed by atoms with van der Waals surface area (Å²) in [7, 11) is 0. The predicted molar refractivity (Wildman–Crippen MR) is 167 cm³/mol. The molecule has 0 fully saturated rings. The fourth-order valence-electron chi connectivity index (χ4n) is 6.88. The third kappa shape index (κ3) is 13.7. The summed E-state index contributed by atoms with van der Waals surface area (Å²) in [6.45, 7) is 4.62. The second-order valence-electron chi connectivity index (χ2n) is 12.6. The van der Waals surface area contributed by atoms with Crippen molar-refractivity contribution in [3.63, 3.8) is 0 Å². The minimum absolute atomic E-state index is 0.296. The molecule has 0 spiro atoms. The zero-order valence-electron chi connectivity index (χ0n) is 26.0. The smallest absolute Gasteiger partial charge is 0.303 e. The zero-order chi connectivity index (χ0) is 29.0. The average Bonchev–Trinajstić information content (AvgIpc) is 2.92. The summed E-state index contributed by atoms with van der Waals surface area (Å²) in [5.74, 6) is 0.315. The van der Waals surface area contributed by atoms with Gasteiger partial charge in [-0.05, 0) is 98.3 Å². The van der Waals surface area contributed by atoms with Crippen molar-refractivity contribution in [3.8, 4) is 0 Å². The lowest BCUT2D eigenvalue weighted by atomic mass is 9.69. The summed E-state index contributed by atoms with van der Waals surface area (Å²) in [5.41, 5.74) is 6.54. The first kappa shape index (κ1) is 34.4. The van der Waals surface area contributed by atoms with E-state index in [-0.39, 0.29) is 0 Å². The van der Waals surface area contributed by atoms with Gasteiger partial charge >= 0.3 is 11.9 Å². The van der Waals surface area contributed by atoms with Gasteiger partial charge in [0.1, 0.15) is 0 Å². The Labute approximate surface area is 245 Å². The zero-order valence-corrected chi connectivity index (χ0v) is 26.0.